The van der Waals surface area contributed by atoms with Gasteiger partial charge < -0.3 is 20.3 Å². The van der Waals surface area contributed by atoms with Gasteiger partial charge in [0, 0.05) is 17.5 Å². The number of piperazine rings is 1. The highest BCUT2D eigenvalue weighted by molar-refractivity contribution is 6.10. The molecule has 1 aromatic rings. The standard InChI is InChI=1S/C26H31N3O4/c1-6-24(2,3)26(14-17-22(31)29-13-7-8-18(29)21(30)27-17)16-9-10-19-15(20(16)28-23(26)32)11-12-25(4,5)33-19/h6,9-12,17-18H,1,7-8,13-14H2,2-5H3,(H,27,30)(H,28,32)/t17?,18?,26-/m0/s1. The highest BCUT2D eigenvalue weighted by Crippen LogP contribution is 2.55. The second-order valence-corrected chi connectivity index (χ2v) is 10.7. The van der Waals surface area contributed by atoms with Gasteiger partial charge >= 0.3 is 0 Å². The van der Waals surface area contributed by atoms with Crippen LogP contribution in [0.1, 0.15) is 58.1 Å². The SMILES string of the molecule is C=CC(C)(C)[C@]1(CC2NC(=O)C3CCCN3C2=O)C(=O)Nc2c1ccc1c2C=CC(C)(C)O1. The molecule has 2 fully saturated rings. The number of rotatable bonds is 4. The first-order valence-corrected chi connectivity index (χ1v) is 11.6. The Morgan fingerprint density at radius 2 is 2.03 bits per heavy atom. The second kappa shape index (κ2) is 6.95. The number of anilines is 1. The molecule has 7 heteroatoms. The highest BCUT2D eigenvalue weighted by Gasteiger charge is 2.59. The summed E-state index contributed by atoms with van der Waals surface area (Å²) in [5, 5.41) is 6.02. The third-order valence-corrected chi connectivity index (χ3v) is 7.89. The van der Waals surface area contributed by atoms with Gasteiger partial charge in [0.25, 0.3) is 0 Å². The molecule has 1 aromatic carbocycles. The van der Waals surface area contributed by atoms with Crippen molar-refractivity contribution in [3.8, 4) is 5.75 Å². The lowest BCUT2D eigenvalue weighted by Gasteiger charge is -2.44. The molecule has 4 aliphatic rings. The Morgan fingerprint density at radius 1 is 1.27 bits per heavy atom. The zero-order valence-electron chi connectivity index (χ0n) is 19.7. The summed E-state index contributed by atoms with van der Waals surface area (Å²) < 4.78 is 6.11. The summed E-state index contributed by atoms with van der Waals surface area (Å²) in [6, 6.07) is 2.65. The van der Waals surface area contributed by atoms with Crippen molar-refractivity contribution in [2.45, 2.75) is 70.1 Å². The number of carbonyl (C=O) groups excluding carboxylic acids is 3. The summed E-state index contributed by atoms with van der Waals surface area (Å²) in [4.78, 5) is 41.6. The van der Waals surface area contributed by atoms with E-state index in [0.29, 0.717) is 24.4 Å². The van der Waals surface area contributed by atoms with Gasteiger partial charge in [-0.05, 0) is 56.9 Å². The molecule has 33 heavy (non-hydrogen) atoms. The average Bonchev–Trinajstić information content (AvgIpc) is 3.35. The van der Waals surface area contributed by atoms with E-state index < -0.39 is 22.5 Å². The van der Waals surface area contributed by atoms with Gasteiger partial charge in [-0.3, -0.25) is 14.4 Å². The fraction of sp³-hybridized carbons (Fsp3) is 0.500. The van der Waals surface area contributed by atoms with Crippen LogP contribution in [0.4, 0.5) is 5.69 Å². The minimum Gasteiger partial charge on any atom is -0.483 e. The zero-order chi connectivity index (χ0) is 23.8. The predicted octanol–water partition coefficient (Wildman–Crippen LogP) is 3.15. The summed E-state index contributed by atoms with van der Waals surface area (Å²) in [5.41, 5.74) is 0.108. The fourth-order valence-electron chi connectivity index (χ4n) is 5.85. The molecule has 2 saturated heterocycles. The summed E-state index contributed by atoms with van der Waals surface area (Å²) in [5.74, 6) is 0.266. The highest BCUT2D eigenvalue weighted by atomic mass is 16.5. The van der Waals surface area contributed by atoms with Crippen LogP contribution >= 0.6 is 0 Å². The van der Waals surface area contributed by atoms with Gasteiger partial charge in [-0.25, -0.2) is 0 Å². The Labute approximate surface area is 194 Å². The first kappa shape index (κ1) is 21.7. The number of benzene rings is 1. The number of carbonyl (C=O) groups is 3. The third kappa shape index (κ3) is 2.97. The number of fused-ring (bicyclic) bond motifs is 4. The van der Waals surface area contributed by atoms with E-state index in [-0.39, 0.29) is 30.2 Å². The third-order valence-electron chi connectivity index (χ3n) is 7.89. The minimum absolute atomic E-state index is 0.111. The van der Waals surface area contributed by atoms with Gasteiger partial charge in [-0.1, -0.05) is 26.0 Å². The Bertz CT molecular complexity index is 1120. The smallest absolute Gasteiger partial charge is 0.245 e. The Morgan fingerprint density at radius 3 is 2.76 bits per heavy atom. The van der Waals surface area contributed by atoms with Crippen LogP contribution in [0.3, 0.4) is 0 Å². The lowest BCUT2D eigenvalue weighted by atomic mass is 9.59. The summed E-state index contributed by atoms with van der Waals surface area (Å²) in [7, 11) is 0. The van der Waals surface area contributed by atoms with E-state index in [0.717, 1.165) is 17.5 Å². The number of hydrogen-bond donors (Lipinski definition) is 2. The number of allylic oxidation sites excluding steroid dienone is 1. The predicted molar refractivity (Wildman–Crippen MR) is 126 cm³/mol. The van der Waals surface area contributed by atoms with Crippen molar-refractivity contribution in [2.75, 3.05) is 11.9 Å². The van der Waals surface area contributed by atoms with Crippen molar-refractivity contribution in [3.05, 3.63) is 42.0 Å². The molecule has 4 aliphatic heterocycles. The van der Waals surface area contributed by atoms with E-state index >= 15 is 0 Å². The number of nitrogens with one attached hydrogen (secondary N) is 2. The van der Waals surface area contributed by atoms with Crippen LogP contribution in [0.2, 0.25) is 0 Å². The van der Waals surface area contributed by atoms with Gasteiger partial charge in [0.1, 0.15) is 23.4 Å². The lowest BCUT2D eigenvalue weighted by molar-refractivity contribution is -0.148. The molecule has 3 amide bonds. The van der Waals surface area contributed by atoms with Crippen LogP contribution in [0.25, 0.3) is 6.08 Å². The van der Waals surface area contributed by atoms with E-state index in [1.54, 1.807) is 11.0 Å². The monoisotopic (exact) mass is 449 g/mol. The molecule has 3 atom stereocenters. The molecule has 2 N–H and O–H groups in total. The van der Waals surface area contributed by atoms with Crippen LogP contribution in [0.15, 0.2) is 30.9 Å². The number of hydrogen-bond acceptors (Lipinski definition) is 4. The van der Waals surface area contributed by atoms with Crippen LogP contribution in [0, 0.1) is 5.41 Å². The van der Waals surface area contributed by atoms with Crippen molar-refractivity contribution >= 4 is 29.5 Å². The molecular weight excluding hydrogens is 418 g/mol. The summed E-state index contributed by atoms with van der Waals surface area (Å²) in [6.07, 6.45) is 7.39. The van der Waals surface area contributed by atoms with Crippen molar-refractivity contribution in [3.63, 3.8) is 0 Å². The molecular formula is C26H31N3O4. The van der Waals surface area contributed by atoms with Gasteiger partial charge in [0.15, 0.2) is 0 Å². The number of nitrogens with zero attached hydrogens (tertiary/aromatic N) is 1. The Kier molecular flexibility index (Phi) is 4.58. The molecule has 0 aromatic heterocycles. The first-order valence-electron chi connectivity index (χ1n) is 11.6. The normalized spacial score (nSPS) is 29.6. The molecule has 0 radical (unpaired) electrons. The van der Waals surface area contributed by atoms with Gasteiger partial charge in [0.2, 0.25) is 17.7 Å². The second-order valence-electron chi connectivity index (χ2n) is 10.7. The maximum absolute atomic E-state index is 13.8. The van der Waals surface area contributed by atoms with E-state index in [1.165, 1.54) is 0 Å². The molecule has 2 unspecified atom stereocenters. The molecule has 0 spiro atoms. The van der Waals surface area contributed by atoms with E-state index in [9.17, 15) is 14.4 Å². The maximum atomic E-state index is 13.8. The van der Waals surface area contributed by atoms with Crippen LogP contribution in [0.5, 0.6) is 5.75 Å². The van der Waals surface area contributed by atoms with E-state index in [1.807, 2.05) is 52.0 Å². The zero-order valence-corrected chi connectivity index (χ0v) is 19.7. The molecule has 0 saturated carbocycles. The van der Waals surface area contributed by atoms with Gasteiger partial charge in [-0.2, -0.15) is 0 Å². The lowest BCUT2D eigenvalue weighted by Crippen LogP contribution is -2.63. The molecule has 4 heterocycles. The largest absolute Gasteiger partial charge is 0.483 e. The Balaban J connectivity index is 1.62. The van der Waals surface area contributed by atoms with Crippen molar-refractivity contribution in [2.24, 2.45) is 5.41 Å². The van der Waals surface area contributed by atoms with Crippen LogP contribution < -0.4 is 15.4 Å². The summed E-state index contributed by atoms with van der Waals surface area (Å²) >= 11 is 0. The van der Waals surface area contributed by atoms with Crippen LogP contribution in [-0.4, -0.2) is 46.9 Å². The minimum atomic E-state index is -1.08. The van der Waals surface area contributed by atoms with Crippen molar-refractivity contribution < 1.29 is 19.1 Å². The molecule has 5 rings (SSSR count). The van der Waals surface area contributed by atoms with E-state index in [4.69, 9.17) is 4.74 Å². The van der Waals surface area contributed by atoms with Gasteiger partial charge in [-0.15, -0.1) is 6.58 Å². The van der Waals surface area contributed by atoms with E-state index in [2.05, 4.69) is 17.2 Å². The first-order chi connectivity index (χ1) is 15.5. The number of ether oxygens (including phenoxy) is 1. The molecule has 174 valence electrons. The Hall–Kier alpha value is -3.09. The average molecular weight is 450 g/mol. The quantitative estimate of drug-likeness (QED) is 0.692. The molecule has 0 aliphatic carbocycles. The van der Waals surface area contributed by atoms with Crippen LogP contribution in [-0.2, 0) is 19.8 Å². The van der Waals surface area contributed by atoms with Gasteiger partial charge in [0.05, 0.1) is 11.1 Å². The topological polar surface area (TPSA) is 87.7 Å². The fourth-order valence-corrected chi connectivity index (χ4v) is 5.85. The molecule has 0 bridgehead atoms. The van der Waals surface area contributed by atoms with Crippen molar-refractivity contribution in [1.29, 1.82) is 0 Å². The summed E-state index contributed by atoms with van der Waals surface area (Å²) in [6.45, 7) is 12.5. The maximum Gasteiger partial charge on any atom is 0.245 e. The van der Waals surface area contributed by atoms with Crippen molar-refractivity contribution in [1.82, 2.24) is 10.2 Å². The number of amides is 3. The molecule has 7 nitrogen and oxygen atoms in total.